The summed E-state index contributed by atoms with van der Waals surface area (Å²) in [5, 5.41) is 2.13. The Bertz CT molecular complexity index is 1880. The van der Waals surface area contributed by atoms with Crippen molar-refractivity contribution in [3.8, 4) is 5.75 Å². The summed E-state index contributed by atoms with van der Waals surface area (Å²) in [7, 11) is 0. The molecule has 7 heteroatoms. The molecule has 1 unspecified atom stereocenters. The number of hydrogen-bond donors (Lipinski definition) is 0. The number of halogens is 1. The Labute approximate surface area is 243 Å². The number of carbonyl (C=O) groups is 1. The number of amides is 1. The van der Waals surface area contributed by atoms with Crippen molar-refractivity contribution in [1.82, 2.24) is 9.58 Å². The summed E-state index contributed by atoms with van der Waals surface area (Å²) in [4.78, 5) is 28.9. The summed E-state index contributed by atoms with van der Waals surface area (Å²) in [6, 6.07) is 22.6. The molecule has 0 N–H and O–H groups in total. The zero-order valence-corrected chi connectivity index (χ0v) is 23.6. The Morgan fingerprint density at radius 3 is 2.52 bits per heavy atom. The standard InChI is InChI=1S/C35H30FN3O3/c1-4-37-21-39(38-17-16-30(40)33(32(38)34(37)41)42-20-23-10-6-5-7-11-23)35-25(18-24-12-8-9-13-27(24)35)19-26-28(35)14-15-29(36)31(26)22(2)3/h5-17,19H,2,4,18,20-21H2,1,3H3. The Kier molecular flexibility index (Phi) is 5.94. The van der Waals surface area contributed by atoms with Gasteiger partial charge in [-0.15, -0.1) is 0 Å². The lowest BCUT2D eigenvalue weighted by atomic mass is 9.82. The van der Waals surface area contributed by atoms with Gasteiger partial charge in [-0.2, -0.15) is 0 Å². The minimum Gasteiger partial charge on any atom is -0.482 e. The zero-order valence-electron chi connectivity index (χ0n) is 23.6. The Morgan fingerprint density at radius 1 is 1.00 bits per heavy atom. The van der Waals surface area contributed by atoms with E-state index in [2.05, 4.69) is 29.8 Å². The first kappa shape index (κ1) is 26.0. The van der Waals surface area contributed by atoms with Gasteiger partial charge in [0.05, 0.1) is 0 Å². The molecule has 0 fully saturated rings. The van der Waals surface area contributed by atoms with Crippen LogP contribution in [-0.4, -0.2) is 28.7 Å². The molecule has 2 aliphatic carbocycles. The zero-order chi connectivity index (χ0) is 29.2. The molecule has 0 spiro atoms. The Balaban J connectivity index is 1.49. The molecule has 0 bridgehead atoms. The van der Waals surface area contributed by atoms with Crippen LogP contribution in [0.5, 0.6) is 5.75 Å². The molecule has 2 heterocycles. The highest BCUT2D eigenvalue weighted by Gasteiger charge is 2.55. The largest absolute Gasteiger partial charge is 0.482 e. The highest BCUT2D eigenvalue weighted by atomic mass is 19.1. The van der Waals surface area contributed by atoms with Gasteiger partial charge in [-0.3, -0.25) is 19.3 Å². The summed E-state index contributed by atoms with van der Waals surface area (Å²) in [6.07, 6.45) is 4.42. The Morgan fingerprint density at radius 2 is 1.76 bits per heavy atom. The summed E-state index contributed by atoms with van der Waals surface area (Å²) >= 11 is 0. The monoisotopic (exact) mass is 559 g/mol. The molecule has 7 rings (SSSR count). The maximum Gasteiger partial charge on any atom is 0.277 e. The van der Waals surface area contributed by atoms with Crippen molar-refractivity contribution in [3.63, 3.8) is 0 Å². The molecular formula is C35H30FN3O3. The second-order valence-electron chi connectivity index (χ2n) is 11.1. The molecule has 1 atom stereocenters. The highest BCUT2D eigenvalue weighted by molar-refractivity contribution is 5.97. The van der Waals surface area contributed by atoms with Gasteiger partial charge in [0.15, 0.2) is 11.4 Å². The van der Waals surface area contributed by atoms with Crippen LogP contribution in [0.15, 0.2) is 95.9 Å². The molecule has 4 aromatic rings. The molecule has 0 saturated carbocycles. The number of pyridine rings is 1. The quantitative estimate of drug-likeness (QED) is 0.297. The van der Waals surface area contributed by atoms with Crippen molar-refractivity contribution in [1.29, 1.82) is 0 Å². The summed E-state index contributed by atoms with van der Waals surface area (Å²) in [6.45, 7) is 8.66. The number of aromatic nitrogens is 1. The summed E-state index contributed by atoms with van der Waals surface area (Å²) < 4.78 is 23.2. The number of benzene rings is 3. The normalized spacial score (nSPS) is 18.3. The Hall–Kier alpha value is -4.91. The molecule has 1 aromatic heterocycles. The van der Waals surface area contributed by atoms with Crippen LogP contribution in [-0.2, 0) is 18.6 Å². The molecular weight excluding hydrogens is 529 g/mol. The molecule has 3 aromatic carbocycles. The number of carbonyl (C=O) groups excluding carboxylic acids is 1. The van der Waals surface area contributed by atoms with E-state index in [1.807, 2.05) is 62.4 Å². The molecule has 0 radical (unpaired) electrons. The molecule has 42 heavy (non-hydrogen) atoms. The number of fused-ring (bicyclic) bond motifs is 6. The lowest BCUT2D eigenvalue weighted by Crippen LogP contribution is -2.62. The van der Waals surface area contributed by atoms with Crippen molar-refractivity contribution in [3.05, 3.63) is 146 Å². The molecule has 3 aliphatic rings. The smallest absolute Gasteiger partial charge is 0.277 e. The fourth-order valence-corrected chi connectivity index (χ4v) is 6.85. The van der Waals surface area contributed by atoms with Gasteiger partial charge >= 0.3 is 0 Å². The van der Waals surface area contributed by atoms with Crippen LogP contribution in [0.1, 0.15) is 57.7 Å². The fourth-order valence-electron chi connectivity index (χ4n) is 6.85. The van der Waals surface area contributed by atoms with Gasteiger partial charge in [-0.25, -0.2) is 4.39 Å². The lowest BCUT2D eigenvalue weighted by molar-refractivity contribution is 0.0675. The van der Waals surface area contributed by atoms with Crippen molar-refractivity contribution >= 4 is 17.6 Å². The van der Waals surface area contributed by atoms with Gasteiger partial charge in [0.2, 0.25) is 5.43 Å². The van der Waals surface area contributed by atoms with E-state index in [-0.39, 0.29) is 41.9 Å². The second-order valence-corrected chi connectivity index (χ2v) is 11.1. The van der Waals surface area contributed by atoms with Gasteiger partial charge in [-0.1, -0.05) is 73.3 Å². The van der Waals surface area contributed by atoms with E-state index in [1.165, 1.54) is 17.7 Å². The number of rotatable bonds is 6. The number of nitrogens with zero attached hydrogens (tertiary/aromatic N) is 3. The average molecular weight is 560 g/mol. The minimum atomic E-state index is -0.835. The van der Waals surface area contributed by atoms with Crippen molar-refractivity contribution < 1.29 is 13.9 Å². The lowest BCUT2D eigenvalue weighted by Gasteiger charge is -2.49. The minimum absolute atomic E-state index is 0.0164. The van der Waals surface area contributed by atoms with Crippen molar-refractivity contribution in [2.75, 3.05) is 18.2 Å². The third-order valence-corrected chi connectivity index (χ3v) is 8.67. The van der Waals surface area contributed by atoms with Gasteiger partial charge in [0, 0.05) is 24.4 Å². The SMILES string of the molecule is C=C(C)c1c(F)ccc2c1C=C1Cc3ccccc3C12N1CN(CC)C(=O)c2c(OCc3ccccc3)c(=O)ccn21. The van der Waals surface area contributed by atoms with Gasteiger partial charge in [-0.05, 0) is 65.3 Å². The average Bonchev–Trinajstić information content (AvgIpc) is 3.48. The molecule has 1 amide bonds. The van der Waals surface area contributed by atoms with E-state index in [1.54, 1.807) is 15.8 Å². The maximum atomic E-state index is 15.3. The molecule has 210 valence electrons. The van der Waals surface area contributed by atoms with E-state index >= 15 is 4.39 Å². The van der Waals surface area contributed by atoms with E-state index in [0.29, 0.717) is 24.1 Å². The fraction of sp³-hybridized carbons (Fsp3) is 0.200. The predicted octanol–water partition coefficient (Wildman–Crippen LogP) is 5.87. The van der Waals surface area contributed by atoms with E-state index in [9.17, 15) is 9.59 Å². The first-order chi connectivity index (χ1) is 20.4. The topological polar surface area (TPSA) is 54.8 Å². The van der Waals surface area contributed by atoms with Gasteiger partial charge in [0.1, 0.15) is 24.6 Å². The first-order valence-corrected chi connectivity index (χ1v) is 14.1. The second kappa shape index (κ2) is 9.58. The summed E-state index contributed by atoms with van der Waals surface area (Å²) in [5.74, 6) is -0.573. The first-order valence-electron chi connectivity index (χ1n) is 14.1. The van der Waals surface area contributed by atoms with Gasteiger partial charge < -0.3 is 9.64 Å². The maximum absolute atomic E-state index is 15.3. The van der Waals surface area contributed by atoms with Crippen LogP contribution >= 0.6 is 0 Å². The van der Waals surface area contributed by atoms with Crippen LogP contribution < -0.4 is 15.2 Å². The van der Waals surface area contributed by atoms with E-state index < -0.39 is 5.54 Å². The third-order valence-electron chi connectivity index (χ3n) is 8.67. The number of allylic oxidation sites excluding steroid dienone is 1. The van der Waals surface area contributed by atoms with Crippen molar-refractivity contribution in [2.24, 2.45) is 0 Å². The molecule has 0 saturated heterocycles. The van der Waals surface area contributed by atoms with Crippen LogP contribution in [0.4, 0.5) is 4.39 Å². The van der Waals surface area contributed by atoms with Crippen molar-refractivity contribution in [2.45, 2.75) is 32.4 Å². The van der Waals surface area contributed by atoms with Crippen LogP contribution in [0.2, 0.25) is 0 Å². The highest BCUT2D eigenvalue weighted by Crippen LogP contribution is 2.56. The summed E-state index contributed by atoms with van der Waals surface area (Å²) in [5.41, 5.74) is 6.05. The van der Waals surface area contributed by atoms with Crippen LogP contribution in [0, 0.1) is 5.82 Å². The predicted molar refractivity (Wildman–Crippen MR) is 161 cm³/mol. The molecule has 6 nitrogen and oxygen atoms in total. The van der Waals surface area contributed by atoms with E-state index in [0.717, 1.165) is 27.8 Å². The van der Waals surface area contributed by atoms with Crippen LogP contribution in [0.3, 0.4) is 0 Å². The third kappa shape index (κ3) is 3.56. The van der Waals surface area contributed by atoms with Gasteiger partial charge in [0.25, 0.3) is 5.91 Å². The molecule has 1 aliphatic heterocycles. The van der Waals surface area contributed by atoms with E-state index in [4.69, 9.17) is 4.74 Å². The van der Waals surface area contributed by atoms with Crippen LogP contribution in [0.25, 0.3) is 11.6 Å². The number of ether oxygens (including phenoxy) is 1. The number of hydrogen-bond acceptors (Lipinski definition) is 4.